The van der Waals surface area contributed by atoms with Crippen LogP contribution in [0.15, 0.2) is 24.3 Å². The molecule has 0 fully saturated rings. The van der Waals surface area contributed by atoms with Gasteiger partial charge in [0.15, 0.2) is 5.78 Å². The molecule has 1 unspecified atom stereocenters. The normalized spacial score (nSPS) is 21.4. The largest absolute Gasteiger partial charge is 0.328 e. The monoisotopic (exact) mass is 179 g/mol. The van der Waals surface area contributed by atoms with E-state index in [1.807, 2.05) is 31.2 Å². The summed E-state index contributed by atoms with van der Waals surface area (Å²) in [4.78, 5) is 11.6. The Morgan fingerprint density at radius 2 is 2.17 bits per heavy atom. The van der Waals surface area contributed by atoms with E-state index in [0.29, 0.717) is 0 Å². The number of anilines is 1. The van der Waals surface area contributed by atoms with Gasteiger partial charge in [0.05, 0.1) is 10.9 Å². The Labute approximate surface area is 75.5 Å². The molecule has 0 bridgehead atoms. The molecule has 0 radical (unpaired) electrons. The van der Waals surface area contributed by atoms with Crippen LogP contribution in [0.5, 0.6) is 0 Å². The second kappa shape index (κ2) is 2.83. The molecule has 1 heterocycles. The summed E-state index contributed by atoms with van der Waals surface area (Å²) in [5.74, 6) is 0.217. The second-order valence-corrected chi connectivity index (χ2v) is 3.92. The smallest absolute Gasteiger partial charge is 0.179 e. The van der Waals surface area contributed by atoms with Crippen molar-refractivity contribution in [1.29, 1.82) is 0 Å². The fourth-order valence-electron chi connectivity index (χ4n) is 1.21. The highest BCUT2D eigenvalue weighted by atomic mass is 32.2. The molecule has 1 aliphatic heterocycles. The van der Waals surface area contributed by atoms with E-state index < -0.39 is 0 Å². The summed E-state index contributed by atoms with van der Waals surface area (Å²) in [6.07, 6.45) is 0. The van der Waals surface area contributed by atoms with Crippen LogP contribution < -0.4 is 4.72 Å². The molecule has 0 spiro atoms. The lowest BCUT2D eigenvalue weighted by Gasteiger charge is -2.20. The fourth-order valence-corrected chi connectivity index (χ4v) is 1.93. The molecule has 1 aromatic rings. The van der Waals surface area contributed by atoms with Crippen LogP contribution in [0, 0.1) is 0 Å². The van der Waals surface area contributed by atoms with Crippen LogP contribution in [0.3, 0.4) is 0 Å². The zero-order valence-corrected chi connectivity index (χ0v) is 7.52. The first-order chi connectivity index (χ1) is 5.79. The summed E-state index contributed by atoms with van der Waals surface area (Å²) in [6.45, 7) is 1.91. The van der Waals surface area contributed by atoms with Gasteiger partial charge in [-0.1, -0.05) is 12.1 Å². The maximum absolute atomic E-state index is 11.6. The summed E-state index contributed by atoms with van der Waals surface area (Å²) >= 11 is 1.47. The van der Waals surface area contributed by atoms with E-state index in [1.54, 1.807) is 0 Å². The maximum atomic E-state index is 11.6. The number of hydrogen-bond donors (Lipinski definition) is 1. The van der Waals surface area contributed by atoms with Gasteiger partial charge in [-0.05, 0) is 31.0 Å². The van der Waals surface area contributed by atoms with Crippen molar-refractivity contribution in [1.82, 2.24) is 0 Å². The number of Topliss-reactive ketones (excluding diaryl/α,β-unsaturated/α-hetero) is 1. The summed E-state index contributed by atoms with van der Waals surface area (Å²) in [5, 5.41) is 0.0277. The van der Waals surface area contributed by atoms with E-state index in [0.717, 1.165) is 11.3 Å². The minimum absolute atomic E-state index is 0.0277. The van der Waals surface area contributed by atoms with Crippen molar-refractivity contribution in [2.75, 3.05) is 4.72 Å². The number of hydrogen-bond acceptors (Lipinski definition) is 3. The molecule has 0 amide bonds. The Kier molecular flexibility index (Phi) is 1.81. The van der Waals surface area contributed by atoms with E-state index in [9.17, 15) is 4.79 Å². The van der Waals surface area contributed by atoms with E-state index in [2.05, 4.69) is 4.72 Å². The van der Waals surface area contributed by atoms with Crippen molar-refractivity contribution in [3.8, 4) is 0 Å². The van der Waals surface area contributed by atoms with Gasteiger partial charge in [-0.15, -0.1) is 0 Å². The van der Waals surface area contributed by atoms with E-state index in [1.165, 1.54) is 11.9 Å². The van der Waals surface area contributed by atoms with Gasteiger partial charge in [0.1, 0.15) is 0 Å². The van der Waals surface area contributed by atoms with Crippen LogP contribution >= 0.6 is 11.9 Å². The number of rotatable bonds is 0. The standard InChI is InChI=1S/C9H9NOS/c1-6-9(11)7-4-2-3-5-8(7)10-12-6/h2-6,10H,1H3. The number of ketones is 1. The molecule has 3 heteroatoms. The number of nitrogens with one attached hydrogen (secondary N) is 1. The lowest BCUT2D eigenvalue weighted by atomic mass is 10.1. The average Bonchev–Trinajstić information content (AvgIpc) is 2.12. The third-order valence-corrected chi connectivity index (χ3v) is 2.81. The third kappa shape index (κ3) is 1.10. The first-order valence-corrected chi connectivity index (χ1v) is 4.72. The van der Waals surface area contributed by atoms with E-state index in [-0.39, 0.29) is 11.0 Å². The fraction of sp³-hybridized carbons (Fsp3) is 0.222. The van der Waals surface area contributed by atoms with Crippen LogP contribution in [-0.2, 0) is 0 Å². The number of carbonyl (C=O) groups excluding carboxylic acids is 1. The zero-order chi connectivity index (χ0) is 8.55. The van der Waals surface area contributed by atoms with Crippen LogP contribution in [0.25, 0.3) is 0 Å². The topological polar surface area (TPSA) is 29.1 Å². The number of benzene rings is 1. The summed E-state index contributed by atoms with van der Waals surface area (Å²) in [7, 11) is 0. The molecule has 1 atom stereocenters. The van der Waals surface area contributed by atoms with Crippen molar-refractivity contribution in [2.24, 2.45) is 0 Å². The molecule has 62 valence electrons. The molecule has 0 aliphatic carbocycles. The molecule has 0 saturated carbocycles. The van der Waals surface area contributed by atoms with Gasteiger partial charge in [0.25, 0.3) is 0 Å². The molecule has 0 aromatic heterocycles. The van der Waals surface area contributed by atoms with Crippen molar-refractivity contribution in [3.63, 3.8) is 0 Å². The molecule has 2 nitrogen and oxygen atoms in total. The number of carbonyl (C=O) groups is 1. The SMILES string of the molecule is CC1SNc2ccccc2C1=O. The number of para-hydroxylation sites is 1. The molecule has 1 aromatic carbocycles. The minimum atomic E-state index is 0.0277. The predicted molar refractivity (Wildman–Crippen MR) is 51.4 cm³/mol. The first kappa shape index (κ1) is 7.68. The van der Waals surface area contributed by atoms with E-state index in [4.69, 9.17) is 0 Å². The minimum Gasteiger partial charge on any atom is -0.328 e. The molecule has 1 aliphatic rings. The van der Waals surface area contributed by atoms with Crippen molar-refractivity contribution in [2.45, 2.75) is 12.2 Å². The number of fused-ring (bicyclic) bond motifs is 1. The highest BCUT2D eigenvalue weighted by Gasteiger charge is 2.23. The Balaban J connectivity index is 2.49. The highest BCUT2D eigenvalue weighted by molar-refractivity contribution is 8.02. The van der Waals surface area contributed by atoms with Crippen molar-refractivity contribution in [3.05, 3.63) is 29.8 Å². The Morgan fingerprint density at radius 1 is 1.42 bits per heavy atom. The first-order valence-electron chi connectivity index (χ1n) is 3.84. The van der Waals surface area contributed by atoms with Crippen LogP contribution in [0.4, 0.5) is 5.69 Å². The Hall–Kier alpha value is -0.960. The maximum Gasteiger partial charge on any atom is 0.179 e. The summed E-state index contributed by atoms with van der Waals surface area (Å²) in [5.41, 5.74) is 1.74. The Bertz CT molecular complexity index is 324. The third-order valence-electron chi connectivity index (χ3n) is 1.91. The van der Waals surface area contributed by atoms with Crippen LogP contribution in [-0.4, -0.2) is 11.0 Å². The van der Waals surface area contributed by atoms with Crippen LogP contribution in [0.2, 0.25) is 0 Å². The van der Waals surface area contributed by atoms with Gasteiger partial charge in [-0.2, -0.15) is 0 Å². The summed E-state index contributed by atoms with van der Waals surface area (Å²) in [6, 6.07) is 7.60. The van der Waals surface area contributed by atoms with Crippen LogP contribution in [0.1, 0.15) is 17.3 Å². The average molecular weight is 179 g/mol. The molecule has 2 rings (SSSR count). The van der Waals surface area contributed by atoms with Gasteiger partial charge >= 0.3 is 0 Å². The zero-order valence-electron chi connectivity index (χ0n) is 6.70. The quantitative estimate of drug-likeness (QED) is 0.620. The molecule has 1 N–H and O–H groups in total. The highest BCUT2D eigenvalue weighted by Crippen LogP contribution is 2.29. The lowest BCUT2D eigenvalue weighted by Crippen LogP contribution is -2.21. The van der Waals surface area contributed by atoms with Gasteiger partial charge in [-0.25, -0.2) is 0 Å². The molecular formula is C9H9NOS. The second-order valence-electron chi connectivity index (χ2n) is 2.77. The molecule has 12 heavy (non-hydrogen) atoms. The van der Waals surface area contributed by atoms with Gasteiger partial charge in [0.2, 0.25) is 0 Å². The van der Waals surface area contributed by atoms with Gasteiger partial charge in [0, 0.05) is 5.56 Å². The van der Waals surface area contributed by atoms with Gasteiger partial charge in [-0.3, -0.25) is 4.79 Å². The van der Waals surface area contributed by atoms with Crippen molar-refractivity contribution < 1.29 is 4.79 Å². The lowest BCUT2D eigenvalue weighted by molar-refractivity contribution is 0.0994. The van der Waals surface area contributed by atoms with Gasteiger partial charge < -0.3 is 4.72 Å². The Morgan fingerprint density at radius 3 is 3.00 bits per heavy atom. The predicted octanol–water partition coefficient (Wildman–Crippen LogP) is 2.33. The molecule has 0 saturated heterocycles. The van der Waals surface area contributed by atoms with E-state index >= 15 is 0 Å². The van der Waals surface area contributed by atoms with Crippen molar-refractivity contribution >= 4 is 23.4 Å². The molecular weight excluding hydrogens is 170 g/mol. The summed E-state index contributed by atoms with van der Waals surface area (Å²) < 4.78 is 3.14.